The van der Waals surface area contributed by atoms with Gasteiger partial charge in [-0.05, 0) is 56.1 Å². The lowest BCUT2D eigenvalue weighted by Gasteiger charge is -2.21. The highest BCUT2D eigenvalue weighted by Gasteiger charge is 2.15. The van der Waals surface area contributed by atoms with Crippen LogP contribution in [0, 0.1) is 0 Å². The molecule has 0 bridgehead atoms. The van der Waals surface area contributed by atoms with Crippen molar-refractivity contribution in [1.29, 1.82) is 0 Å². The van der Waals surface area contributed by atoms with Crippen LogP contribution in [0.1, 0.15) is 19.8 Å². The van der Waals surface area contributed by atoms with E-state index >= 15 is 0 Å². The molecule has 1 aliphatic rings. The maximum atomic E-state index is 5.71. The van der Waals surface area contributed by atoms with Gasteiger partial charge in [-0.15, -0.1) is 0 Å². The van der Waals surface area contributed by atoms with E-state index in [-0.39, 0.29) is 16.6 Å². The second-order valence-corrected chi connectivity index (χ2v) is 4.93. The predicted molar refractivity (Wildman–Crippen MR) is 68.6 cm³/mol. The minimum absolute atomic E-state index is 0.112. The molecule has 1 saturated heterocycles. The summed E-state index contributed by atoms with van der Waals surface area (Å²) in [4.78, 5) is 14.1. The standard InChI is InChI=1S/C10H15Cl2N5/c1-7(6-17-4-2-3-5-17)13-10-15-8(11)14-9(12)16-10/h7H,2-6H2,1H3,(H,13,14,15,16). The van der Waals surface area contributed by atoms with Crippen molar-refractivity contribution in [3.8, 4) is 0 Å². The van der Waals surface area contributed by atoms with Crippen LogP contribution in [0.15, 0.2) is 0 Å². The summed E-state index contributed by atoms with van der Waals surface area (Å²) in [7, 11) is 0. The molecule has 0 radical (unpaired) electrons. The summed E-state index contributed by atoms with van der Waals surface area (Å²) in [6.07, 6.45) is 2.58. The first-order chi connectivity index (χ1) is 8.13. The molecule has 1 N–H and O–H groups in total. The molecule has 1 aromatic rings. The Labute approximate surface area is 111 Å². The fourth-order valence-electron chi connectivity index (χ4n) is 2.01. The monoisotopic (exact) mass is 275 g/mol. The Morgan fingerprint density at radius 2 is 1.76 bits per heavy atom. The zero-order chi connectivity index (χ0) is 12.3. The van der Waals surface area contributed by atoms with E-state index in [0.717, 1.165) is 6.54 Å². The number of halogens is 2. The number of nitrogens with zero attached hydrogens (tertiary/aromatic N) is 4. The molecule has 1 aliphatic heterocycles. The van der Waals surface area contributed by atoms with Crippen molar-refractivity contribution < 1.29 is 0 Å². The molecule has 1 unspecified atom stereocenters. The summed E-state index contributed by atoms with van der Waals surface area (Å²) in [5, 5.41) is 3.40. The van der Waals surface area contributed by atoms with Gasteiger partial charge in [0.05, 0.1) is 0 Å². The maximum Gasteiger partial charge on any atom is 0.228 e. The lowest BCUT2D eigenvalue weighted by molar-refractivity contribution is 0.327. The summed E-state index contributed by atoms with van der Waals surface area (Å²) < 4.78 is 0. The van der Waals surface area contributed by atoms with E-state index in [9.17, 15) is 0 Å². The molecule has 1 atom stereocenters. The van der Waals surface area contributed by atoms with Gasteiger partial charge in [-0.1, -0.05) is 0 Å². The van der Waals surface area contributed by atoms with Gasteiger partial charge in [0.1, 0.15) is 0 Å². The average molecular weight is 276 g/mol. The highest BCUT2D eigenvalue weighted by molar-refractivity contribution is 6.31. The lowest BCUT2D eigenvalue weighted by atomic mass is 10.3. The number of rotatable bonds is 4. The van der Waals surface area contributed by atoms with Crippen LogP contribution in [-0.4, -0.2) is 45.5 Å². The van der Waals surface area contributed by atoms with Gasteiger partial charge >= 0.3 is 0 Å². The van der Waals surface area contributed by atoms with Gasteiger partial charge in [0.25, 0.3) is 0 Å². The Bertz CT molecular complexity index is 361. The zero-order valence-corrected chi connectivity index (χ0v) is 11.2. The Morgan fingerprint density at radius 1 is 1.18 bits per heavy atom. The van der Waals surface area contributed by atoms with Crippen molar-refractivity contribution in [1.82, 2.24) is 19.9 Å². The minimum atomic E-state index is 0.112. The highest BCUT2D eigenvalue weighted by Crippen LogP contribution is 2.12. The Kier molecular flexibility index (Phi) is 4.36. The number of nitrogens with one attached hydrogen (secondary N) is 1. The van der Waals surface area contributed by atoms with Crippen LogP contribution in [0.2, 0.25) is 10.6 Å². The summed E-state index contributed by atoms with van der Waals surface area (Å²) in [5.41, 5.74) is 0. The SMILES string of the molecule is CC(CN1CCCC1)Nc1nc(Cl)nc(Cl)n1. The first-order valence-corrected chi connectivity index (χ1v) is 6.45. The summed E-state index contributed by atoms with van der Waals surface area (Å²) in [6.45, 7) is 5.40. The van der Waals surface area contributed by atoms with Gasteiger partial charge in [-0.3, -0.25) is 0 Å². The van der Waals surface area contributed by atoms with E-state index in [1.54, 1.807) is 0 Å². The van der Waals surface area contributed by atoms with E-state index in [4.69, 9.17) is 23.2 Å². The second kappa shape index (κ2) is 5.80. The minimum Gasteiger partial charge on any atom is -0.350 e. The number of likely N-dealkylation sites (tertiary alicyclic amines) is 1. The molecule has 1 aromatic heterocycles. The van der Waals surface area contributed by atoms with Crippen LogP contribution in [-0.2, 0) is 0 Å². The fourth-order valence-corrected chi connectivity index (χ4v) is 2.37. The quantitative estimate of drug-likeness (QED) is 0.912. The molecule has 1 fully saturated rings. The Morgan fingerprint density at radius 3 is 2.35 bits per heavy atom. The smallest absolute Gasteiger partial charge is 0.228 e. The van der Waals surface area contributed by atoms with Crippen LogP contribution < -0.4 is 5.32 Å². The number of hydrogen-bond acceptors (Lipinski definition) is 5. The van der Waals surface area contributed by atoms with Gasteiger partial charge in [0, 0.05) is 12.6 Å². The lowest BCUT2D eigenvalue weighted by Crippen LogP contribution is -2.33. The van der Waals surface area contributed by atoms with Gasteiger partial charge in [0.2, 0.25) is 16.5 Å². The Balaban J connectivity index is 1.90. The molecule has 2 heterocycles. The molecular weight excluding hydrogens is 261 g/mol. The van der Waals surface area contributed by atoms with Crippen molar-refractivity contribution in [2.75, 3.05) is 25.0 Å². The largest absolute Gasteiger partial charge is 0.350 e. The summed E-state index contributed by atoms with van der Waals surface area (Å²) in [5.74, 6) is 0.432. The molecule has 0 spiro atoms. The van der Waals surface area contributed by atoms with Crippen LogP contribution in [0.4, 0.5) is 5.95 Å². The van der Waals surface area contributed by atoms with E-state index in [1.165, 1.54) is 25.9 Å². The van der Waals surface area contributed by atoms with Crippen LogP contribution in [0.5, 0.6) is 0 Å². The second-order valence-electron chi connectivity index (χ2n) is 4.25. The van der Waals surface area contributed by atoms with Gasteiger partial charge in [0.15, 0.2) is 0 Å². The van der Waals surface area contributed by atoms with Crippen molar-refractivity contribution >= 4 is 29.2 Å². The molecule has 0 saturated carbocycles. The van der Waals surface area contributed by atoms with Gasteiger partial charge in [-0.2, -0.15) is 15.0 Å². The van der Waals surface area contributed by atoms with E-state index in [2.05, 4.69) is 32.1 Å². The van der Waals surface area contributed by atoms with Crippen molar-refractivity contribution in [3.05, 3.63) is 10.6 Å². The molecule has 2 rings (SSSR count). The molecule has 7 heteroatoms. The molecule has 0 aliphatic carbocycles. The maximum absolute atomic E-state index is 5.71. The van der Waals surface area contributed by atoms with Crippen molar-refractivity contribution in [2.24, 2.45) is 0 Å². The number of anilines is 1. The van der Waals surface area contributed by atoms with Crippen LogP contribution in [0.25, 0.3) is 0 Å². The third-order valence-corrected chi connectivity index (χ3v) is 3.03. The topological polar surface area (TPSA) is 53.9 Å². The fraction of sp³-hybridized carbons (Fsp3) is 0.700. The molecule has 17 heavy (non-hydrogen) atoms. The molecule has 0 aromatic carbocycles. The molecule has 94 valence electrons. The van der Waals surface area contributed by atoms with Crippen LogP contribution in [0.3, 0.4) is 0 Å². The third-order valence-electron chi connectivity index (χ3n) is 2.69. The third kappa shape index (κ3) is 3.94. The summed E-state index contributed by atoms with van der Waals surface area (Å²) >= 11 is 11.4. The first-order valence-electron chi connectivity index (χ1n) is 5.69. The highest BCUT2D eigenvalue weighted by atomic mass is 35.5. The summed E-state index contributed by atoms with van der Waals surface area (Å²) in [6, 6.07) is 0.252. The predicted octanol–water partition coefficient (Wildman–Crippen LogP) is 2.07. The molecule has 5 nitrogen and oxygen atoms in total. The van der Waals surface area contributed by atoms with E-state index < -0.39 is 0 Å². The zero-order valence-electron chi connectivity index (χ0n) is 9.66. The Hall–Kier alpha value is -0.650. The van der Waals surface area contributed by atoms with Gasteiger partial charge < -0.3 is 10.2 Å². The number of hydrogen-bond donors (Lipinski definition) is 1. The van der Waals surface area contributed by atoms with E-state index in [0.29, 0.717) is 5.95 Å². The van der Waals surface area contributed by atoms with E-state index in [1.807, 2.05) is 0 Å². The average Bonchev–Trinajstić information content (AvgIpc) is 2.67. The number of aromatic nitrogens is 3. The normalized spacial score (nSPS) is 18.3. The molecule has 0 amide bonds. The van der Waals surface area contributed by atoms with Gasteiger partial charge in [-0.25, -0.2) is 0 Å². The van der Waals surface area contributed by atoms with Crippen molar-refractivity contribution in [3.63, 3.8) is 0 Å². The molecular formula is C10H15Cl2N5. The van der Waals surface area contributed by atoms with Crippen LogP contribution >= 0.6 is 23.2 Å². The van der Waals surface area contributed by atoms with Crippen molar-refractivity contribution in [2.45, 2.75) is 25.8 Å². The first kappa shape index (κ1) is 12.8.